The average molecular weight is 305 g/mol. The molecule has 2 heterocycles. The Kier molecular flexibility index (Phi) is 7.12. The van der Waals surface area contributed by atoms with Crippen molar-refractivity contribution in [2.75, 3.05) is 26.3 Å². The summed E-state index contributed by atoms with van der Waals surface area (Å²) in [5.41, 5.74) is 0. The fourth-order valence-corrected chi connectivity index (χ4v) is 2.27. The lowest BCUT2D eigenvalue weighted by molar-refractivity contribution is 0.125. The number of nitrogens with one attached hydrogen (secondary N) is 1. The van der Waals surface area contributed by atoms with Crippen molar-refractivity contribution in [2.24, 2.45) is 5.92 Å². The Labute approximate surface area is 132 Å². The standard InChI is InChI=1S/C16H27N5O/c1-15(2)4-11-22-12-8-17-5-3-16(20-9-6-18-13-20)21-10-7-19-14-21/h6-7,9-10,13-17H,3-5,8,11-12H2,1-2H3. The lowest BCUT2D eigenvalue weighted by Crippen LogP contribution is -2.26. The molecule has 0 fully saturated rings. The van der Waals surface area contributed by atoms with Gasteiger partial charge in [0.1, 0.15) is 6.17 Å². The fraction of sp³-hybridized carbons (Fsp3) is 0.625. The molecular formula is C16H27N5O. The molecule has 0 aliphatic rings. The second-order valence-corrected chi connectivity index (χ2v) is 5.83. The van der Waals surface area contributed by atoms with Gasteiger partial charge in [-0.2, -0.15) is 0 Å². The summed E-state index contributed by atoms with van der Waals surface area (Å²) in [6.07, 6.45) is 13.6. The van der Waals surface area contributed by atoms with Crippen LogP contribution in [0.4, 0.5) is 0 Å². The first-order valence-electron chi connectivity index (χ1n) is 8.00. The Morgan fingerprint density at radius 2 is 1.64 bits per heavy atom. The van der Waals surface area contributed by atoms with Crippen LogP contribution >= 0.6 is 0 Å². The van der Waals surface area contributed by atoms with E-state index in [9.17, 15) is 0 Å². The molecule has 0 atom stereocenters. The molecule has 0 aliphatic heterocycles. The van der Waals surface area contributed by atoms with E-state index in [0.29, 0.717) is 5.92 Å². The molecule has 0 aromatic carbocycles. The lowest BCUT2D eigenvalue weighted by atomic mass is 10.1. The minimum atomic E-state index is 0.208. The van der Waals surface area contributed by atoms with Gasteiger partial charge in [-0.25, -0.2) is 9.97 Å². The number of imidazole rings is 2. The minimum Gasteiger partial charge on any atom is -0.380 e. The molecule has 0 aliphatic carbocycles. The van der Waals surface area contributed by atoms with Crippen molar-refractivity contribution in [3.8, 4) is 0 Å². The lowest BCUT2D eigenvalue weighted by Gasteiger charge is -2.20. The molecule has 0 saturated heterocycles. The topological polar surface area (TPSA) is 56.9 Å². The van der Waals surface area contributed by atoms with E-state index in [1.807, 2.05) is 25.0 Å². The van der Waals surface area contributed by atoms with Crippen LogP contribution in [0.3, 0.4) is 0 Å². The third-order valence-electron chi connectivity index (χ3n) is 3.58. The van der Waals surface area contributed by atoms with Crippen LogP contribution in [-0.2, 0) is 4.74 Å². The van der Waals surface area contributed by atoms with Crippen molar-refractivity contribution in [1.29, 1.82) is 0 Å². The van der Waals surface area contributed by atoms with Crippen molar-refractivity contribution in [3.63, 3.8) is 0 Å². The van der Waals surface area contributed by atoms with Crippen molar-refractivity contribution in [1.82, 2.24) is 24.4 Å². The molecule has 2 aromatic heterocycles. The Morgan fingerprint density at radius 1 is 0.955 bits per heavy atom. The van der Waals surface area contributed by atoms with Crippen LogP contribution in [0.5, 0.6) is 0 Å². The first-order chi connectivity index (χ1) is 10.8. The van der Waals surface area contributed by atoms with Gasteiger partial charge in [-0.1, -0.05) is 13.8 Å². The van der Waals surface area contributed by atoms with Crippen LogP contribution < -0.4 is 5.32 Å². The highest BCUT2D eigenvalue weighted by Gasteiger charge is 2.11. The molecule has 2 aromatic rings. The smallest absolute Gasteiger partial charge is 0.113 e. The summed E-state index contributed by atoms with van der Waals surface area (Å²) in [6.45, 7) is 7.87. The van der Waals surface area contributed by atoms with E-state index in [1.54, 1.807) is 12.4 Å². The molecule has 0 bridgehead atoms. The number of hydrogen-bond donors (Lipinski definition) is 1. The molecule has 2 rings (SSSR count). The molecule has 22 heavy (non-hydrogen) atoms. The SMILES string of the molecule is CC(C)CCOCCNCCC(n1ccnc1)n1ccnc1. The minimum absolute atomic E-state index is 0.208. The molecule has 0 spiro atoms. The quantitative estimate of drug-likeness (QED) is 0.646. The highest BCUT2D eigenvalue weighted by molar-refractivity contribution is 4.86. The summed E-state index contributed by atoms with van der Waals surface area (Å²) in [5.74, 6) is 0.707. The van der Waals surface area contributed by atoms with Gasteiger partial charge in [-0.3, -0.25) is 0 Å². The van der Waals surface area contributed by atoms with E-state index in [0.717, 1.165) is 39.1 Å². The molecule has 0 amide bonds. The maximum Gasteiger partial charge on any atom is 0.113 e. The van der Waals surface area contributed by atoms with Gasteiger partial charge < -0.3 is 19.2 Å². The van der Waals surface area contributed by atoms with Crippen LogP contribution in [0.1, 0.15) is 32.9 Å². The molecular weight excluding hydrogens is 278 g/mol. The predicted octanol–water partition coefficient (Wildman–Crippen LogP) is 2.17. The highest BCUT2D eigenvalue weighted by atomic mass is 16.5. The first-order valence-corrected chi connectivity index (χ1v) is 8.00. The Balaban J connectivity index is 1.65. The molecule has 0 unspecified atom stereocenters. The van der Waals surface area contributed by atoms with E-state index in [4.69, 9.17) is 4.74 Å². The van der Waals surface area contributed by atoms with E-state index in [1.165, 1.54) is 0 Å². The zero-order valence-corrected chi connectivity index (χ0v) is 13.6. The fourth-order valence-electron chi connectivity index (χ4n) is 2.27. The van der Waals surface area contributed by atoms with Gasteiger partial charge in [-0.05, 0) is 25.3 Å². The van der Waals surface area contributed by atoms with Crippen molar-refractivity contribution in [2.45, 2.75) is 32.9 Å². The summed E-state index contributed by atoms with van der Waals surface area (Å²) >= 11 is 0. The van der Waals surface area contributed by atoms with Gasteiger partial charge >= 0.3 is 0 Å². The summed E-state index contributed by atoms with van der Waals surface area (Å²) in [7, 11) is 0. The summed E-state index contributed by atoms with van der Waals surface area (Å²) in [6, 6.07) is 0. The Hall–Kier alpha value is -1.66. The van der Waals surface area contributed by atoms with Gasteiger partial charge in [0.05, 0.1) is 19.3 Å². The number of hydrogen-bond acceptors (Lipinski definition) is 4. The Morgan fingerprint density at radius 3 is 2.18 bits per heavy atom. The van der Waals surface area contributed by atoms with Crippen molar-refractivity contribution in [3.05, 3.63) is 37.4 Å². The van der Waals surface area contributed by atoms with Crippen LogP contribution in [-0.4, -0.2) is 45.4 Å². The highest BCUT2D eigenvalue weighted by Crippen LogP contribution is 2.13. The molecule has 122 valence electrons. The zero-order chi connectivity index (χ0) is 15.6. The first kappa shape index (κ1) is 16.7. The van der Waals surface area contributed by atoms with Crippen molar-refractivity contribution < 1.29 is 4.74 Å². The van der Waals surface area contributed by atoms with Gasteiger partial charge in [0.15, 0.2) is 0 Å². The average Bonchev–Trinajstić information content (AvgIpc) is 3.19. The number of nitrogens with zero attached hydrogens (tertiary/aromatic N) is 4. The second-order valence-electron chi connectivity index (χ2n) is 5.83. The largest absolute Gasteiger partial charge is 0.380 e. The normalized spacial score (nSPS) is 11.6. The van der Waals surface area contributed by atoms with Gasteiger partial charge in [-0.15, -0.1) is 0 Å². The third kappa shape index (κ3) is 5.61. The predicted molar refractivity (Wildman–Crippen MR) is 86.6 cm³/mol. The molecule has 1 N–H and O–H groups in total. The van der Waals surface area contributed by atoms with Crippen LogP contribution in [0.2, 0.25) is 0 Å². The molecule has 6 nitrogen and oxygen atoms in total. The van der Waals surface area contributed by atoms with E-state index in [2.05, 4.69) is 38.3 Å². The molecule has 6 heteroatoms. The van der Waals surface area contributed by atoms with E-state index < -0.39 is 0 Å². The second kappa shape index (κ2) is 9.38. The zero-order valence-electron chi connectivity index (χ0n) is 13.6. The summed E-state index contributed by atoms with van der Waals surface area (Å²) < 4.78 is 9.80. The van der Waals surface area contributed by atoms with E-state index >= 15 is 0 Å². The number of ether oxygens (including phenoxy) is 1. The van der Waals surface area contributed by atoms with Gasteiger partial charge in [0, 0.05) is 37.9 Å². The maximum absolute atomic E-state index is 5.60. The third-order valence-corrected chi connectivity index (χ3v) is 3.58. The van der Waals surface area contributed by atoms with Gasteiger partial charge in [0.2, 0.25) is 0 Å². The number of rotatable bonds is 11. The van der Waals surface area contributed by atoms with Crippen LogP contribution in [0.15, 0.2) is 37.4 Å². The maximum atomic E-state index is 5.60. The Bertz CT molecular complexity index is 446. The van der Waals surface area contributed by atoms with Crippen molar-refractivity contribution >= 4 is 0 Å². The summed E-state index contributed by atoms with van der Waals surface area (Å²) in [5, 5.41) is 3.44. The van der Waals surface area contributed by atoms with Crippen LogP contribution in [0.25, 0.3) is 0 Å². The monoisotopic (exact) mass is 305 g/mol. The van der Waals surface area contributed by atoms with E-state index in [-0.39, 0.29) is 6.17 Å². The molecule has 0 radical (unpaired) electrons. The molecule has 0 saturated carbocycles. The van der Waals surface area contributed by atoms with Gasteiger partial charge in [0.25, 0.3) is 0 Å². The summed E-state index contributed by atoms with van der Waals surface area (Å²) in [4.78, 5) is 8.27. The van der Waals surface area contributed by atoms with Crippen LogP contribution in [0, 0.1) is 5.92 Å². The number of aromatic nitrogens is 4.